The lowest BCUT2D eigenvalue weighted by Gasteiger charge is -2.31. The Balaban J connectivity index is 1.25. The van der Waals surface area contributed by atoms with E-state index in [4.69, 9.17) is 10.1 Å². The van der Waals surface area contributed by atoms with Crippen LogP contribution in [0.15, 0.2) is 52.3 Å². The minimum Gasteiger partial charge on any atom is -0.487 e. The molecule has 254 valence electrons. The molecule has 1 unspecified atom stereocenters. The van der Waals surface area contributed by atoms with Crippen LogP contribution in [0.4, 0.5) is 0 Å². The highest BCUT2D eigenvalue weighted by atomic mass is 32.2. The van der Waals surface area contributed by atoms with Crippen LogP contribution in [-0.2, 0) is 31.3 Å². The number of carbonyl (C=O) groups excluding carboxylic acids is 1. The summed E-state index contributed by atoms with van der Waals surface area (Å²) in [6.07, 6.45) is 1.00. The maximum atomic E-state index is 13.5. The SMILES string of the molecule is Cc1c(C)c(S(=O)(=O)NC(=N)NCCCC(NS(=O)(=O)c2ccc3ccccc3c2)C(=O)N2CCNCC2)c(C)c2c1OC(C)(C)C2. The predicted molar refractivity (Wildman–Crippen MR) is 182 cm³/mol. The second-order valence-electron chi connectivity index (χ2n) is 12.9. The second kappa shape index (κ2) is 13.4. The molecule has 3 aromatic carbocycles. The van der Waals surface area contributed by atoms with Crippen LogP contribution in [0.1, 0.15) is 48.9 Å². The van der Waals surface area contributed by atoms with Crippen LogP contribution in [-0.4, -0.2) is 78.0 Å². The van der Waals surface area contributed by atoms with E-state index in [1.54, 1.807) is 30.9 Å². The van der Waals surface area contributed by atoms with Crippen LogP contribution < -0.4 is 24.8 Å². The van der Waals surface area contributed by atoms with E-state index in [0.717, 1.165) is 27.6 Å². The molecule has 0 aromatic heterocycles. The molecule has 1 saturated heterocycles. The number of nitrogens with zero attached hydrogens (tertiary/aromatic N) is 1. The first-order valence-electron chi connectivity index (χ1n) is 15.8. The van der Waals surface area contributed by atoms with E-state index in [-0.39, 0.29) is 35.1 Å². The van der Waals surface area contributed by atoms with Gasteiger partial charge in [0.25, 0.3) is 10.0 Å². The Kier molecular flexibility index (Phi) is 9.88. The molecule has 0 spiro atoms. The van der Waals surface area contributed by atoms with Gasteiger partial charge < -0.3 is 20.3 Å². The Morgan fingerprint density at radius 3 is 2.36 bits per heavy atom. The predicted octanol–water partition coefficient (Wildman–Crippen LogP) is 2.84. The van der Waals surface area contributed by atoms with Crippen molar-refractivity contribution in [2.24, 2.45) is 0 Å². The molecule has 2 aliphatic heterocycles. The van der Waals surface area contributed by atoms with E-state index in [1.165, 1.54) is 6.07 Å². The Morgan fingerprint density at radius 1 is 0.979 bits per heavy atom. The number of piperazine rings is 1. The molecule has 12 nitrogen and oxygen atoms in total. The van der Waals surface area contributed by atoms with Crippen molar-refractivity contribution < 1.29 is 26.4 Å². The molecule has 0 saturated carbocycles. The van der Waals surface area contributed by atoms with E-state index in [9.17, 15) is 21.6 Å². The number of carbonyl (C=O) groups is 1. The van der Waals surface area contributed by atoms with Gasteiger partial charge in [-0.15, -0.1) is 0 Å². The summed E-state index contributed by atoms with van der Waals surface area (Å²) >= 11 is 0. The summed E-state index contributed by atoms with van der Waals surface area (Å²) < 4.78 is 65.0. The maximum absolute atomic E-state index is 13.5. The van der Waals surface area contributed by atoms with Crippen molar-refractivity contribution >= 4 is 42.7 Å². The number of benzene rings is 3. The first-order chi connectivity index (χ1) is 22.1. The lowest BCUT2D eigenvalue weighted by atomic mass is 9.94. The standard InChI is InChI=1S/C33H44N6O6S2/c1-21-22(2)30(23(3)27-20-33(4,5)45-29(21)27)47(43,44)38-32(34)36-14-8-11-28(31(40)39-17-15-35-16-18-39)37-46(41,42)26-13-12-24-9-6-7-10-25(24)19-26/h6-7,9-10,12-13,19,28,35,37H,8,11,14-18,20H2,1-5H3,(H3,34,36,38). The second-order valence-corrected chi connectivity index (χ2v) is 16.2. The molecule has 5 N–H and O–H groups in total. The number of nitrogens with one attached hydrogen (secondary N) is 5. The summed E-state index contributed by atoms with van der Waals surface area (Å²) in [6.45, 7) is 11.5. The van der Waals surface area contributed by atoms with Crippen molar-refractivity contribution in [2.75, 3.05) is 32.7 Å². The van der Waals surface area contributed by atoms with Crippen molar-refractivity contribution in [3.8, 4) is 5.75 Å². The molecule has 47 heavy (non-hydrogen) atoms. The summed E-state index contributed by atoms with van der Waals surface area (Å²) in [4.78, 5) is 15.3. The van der Waals surface area contributed by atoms with Gasteiger partial charge in [0.1, 0.15) is 17.4 Å². The smallest absolute Gasteiger partial charge is 0.264 e. The van der Waals surface area contributed by atoms with Gasteiger partial charge in [0.2, 0.25) is 21.9 Å². The molecule has 1 atom stereocenters. The molecular weight excluding hydrogens is 641 g/mol. The molecule has 2 aliphatic rings. The minimum absolute atomic E-state index is 0.0612. The van der Waals surface area contributed by atoms with E-state index in [2.05, 4.69) is 20.1 Å². The highest BCUT2D eigenvalue weighted by Crippen LogP contribution is 2.43. The number of ether oxygens (including phenoxy) is 1. The number of guanidine groups is 1. The summed E-state index contributed by atoms with van der Waals surface area (Å²) in [5.41, 5.74) is 2.32. The summed E-state index contributed by atoms with van der Waals surface area (Å²) in [7, 11) is -8.15. The topological polar surface area (TPSA) is 170 Å². The molecule has 0 bridgehead atoms. The van der Waals surface area contributed by atoms with E-state index < -0.39 is 37.6 Å². The number of hydrogen-bond donors (Lipinski definition) is 5. The van der Waals surface area contributed by atoms with Gasteiger partial charge in [-0.25, -0.2) is 21.6 Å². The molecule has 1 fully saturated rings. The van der Waals surface area contributed by atoms with Crippen LogP contribution in [0.5, 0.6) is 5.75 Å². The van der Waals surface area contributed by atoms with Crippen molar-refractivity contribution in [2.45, 2.75) is 75.3 Å². The Hall–Kier alpha value is -3.72. The highest BCUT2D eigenvalue weighted by molar-refractivity contribution is 7.90. The summed E-state index contributed by atoms with van der Waals surface area (Å²) in [5, 5.41) is 16.0. The fourth-order valence-corrected chi connectivity index (χ4v) is 9.10. The normalized spacial score (nSPS) is 16.7. The molecule has 5 rings (SSSR count). The zero-order chi connectivity index (χ0) is 34.1. The van der Waals surface area contributed by atoms with Gasteiger partial charge in [-0.3, -0.25) is 10.2 Å². The number of amides is 1. The number of rotatable bonds is 10. The van der Waals surface area contributed by atoms with Gasteiger partial charge >= 0.3 is 0 Å². The lowest BCUT2D eigenvalue weighted by Crippen LogP contribution is -2.54. The number of fused-ring (bicyclic) bond motifs is 2. The minimum atomic E-state index is -4.10. The molecule has 0 aliphatic carbocycles. The Morgan fingerprint density at radius 2 is 1.66 bits per heavy atom. The quantitative estimate of drug-likeness (QED) is 0.123. The first kappa shape index (κ1) is 34.6. The fraction of sp³-hybridized carbons (Fsp3) is 0.455. The average molecular weight is 685 g/mol. The van der Waals surface area contributed by atoms with Crippen LogP contribution in [0.25, 0.3) is 10.8 Å². The van der Waals surface area contributed by atoms with Gasteiger partial charge in [0, 0.05) is 44.7 Å². The van der Waals surface area contributed by atoms with Gasteiger partial charge in [-0.1, -0.05) is 30.3 Å². The molecule has 14 heteroatoms. The van der Waals surface area contributed by atoms with Crippen molar-refractivity contribution in [1.29, 1.82) is 5.41 Å². The fourth-order valence-electron chi connectivity index (χ4n) is 6.32. The number of sulfonamides is 2. The molecule has 2 heterocycles. The average Bonchev–Trinajstić information content (AvgIpc) is 3.36. The zero-order valence-corrected chi connectivity index (χ0v) is 29.1. The van der Waals surface area contributed by atoms with Crippen molar-refractivity contribution in [1.82, 2.24) is 25.0 Å². The van der Waals surface area contributed by atoms with Crippen LogP contribution in [0.3, 0.4) is 0 Å². The molecule has 3 aromatic rings. The monoisotopic (exact) mass is 684 g/mol. The Bertz CT molecular complexity index is 1920. The maximum Gasteiger partial charge on any atom is 0.264 e. The Labute approximate surface area is 277 Å². The summed E-state index contributed by atoms with van der Waals surface area (Å²) in [6, 6.07) is 11.2. The number of hydrogen-bond acceptors (Lipinski definition) is 8. The van der Waals surface area contributed by atoms with Crippen molar-refractivity contribution in [3.63, 3.8) is 0 Å². The highest BCUT2D eigenvalue weighted by Gasteiger charge is 2.37. The van der Waals surface area contributed by atoms with Gasteiger partial charge in [-0.2, -0.15) is 4.72 Å². The molecule has 0 radical (unpaired) electrons. The van der Waals surface area contributed by atoms with E-state index in [1.807, 2.05) is 45.0 Å². The van der Waals surface area contributed by atoms with Crippen LogP contribution in [0.2, 0.25) is 0 Å². The van der Waals surface area contributed by atoms with E-state index >= 15 is 0 Å². The van der Waals surface area contributed by atoms with Gasteiger partial charge in [0.05, 0.1) is 9.79 Å². The third-order valence-electron chi connectivity index (χ3n) is 8.82. The summed E-state index contributed by atoms with van der Waals surface area (Å²) in [5.74, 6) is -0.0182. The first-order valence-corrected chi connectivity index (χ1v) is 18.7. The van der Waals surface area contributed by atoms with E-state index in [0.29, 0.717) is 43.7 Å². The van der Waals surface area contributed by atoms with Gasteiger partial charge in [0.15, 0.2) is 0 Å². The zero-order valence-electron chi connectivity index (χ0n) is 27.5. The largest absolute Gasteiger partial charge is 0.487 e. The van der Waals surface area contributed by atoms with Gasteiger partial charge in [-0.05, 0) is 87.1 Å². The van der Waals surface area contributed by atoms with Crippen molar-refractivity contribution in [3.05, 3.63) is 64.7 Å². The third kappa shape index (κ3) is 7.56. The van der Waals surface area contributed by atoms with Crippen LogP contribution >= 0.6 is 0 Å². The lowest BCUT2D eigenvalue weighted by molar-refractivity contribution is -0.133. The van der Waals surface area contributed by atoms with Crippen LogP contribution in [0, 0.1) is 26.2 Å². The molecular formula is C33H44N6O6S2. The molecule has 1 amide bonds. The third-order valence-corrected chi connectivity index (χ3v) is 11.9.